The number of alkyl carbamates (subject to hydrolysis) is 1. The Morgan fingerprint density at radius 1 is 0.413 bits per heavy atom. The summed E-state index contributed by atoms with van der Waals surface area (Å²) in [6.07, 6.45) is -0.148. The van der Waals surface area contributed by atoms with Crippen LogP contribution in [0.25, 0.3) is 0 Å². The van der Waals surface area contributed by atoms with E-state index < -0.39 is 178 Å². The van der Waals surface area contributed by atoms with E-state index in [1.165, 1.54) is 24.3 Å². The van der Waals surface area contributed by atoms with Crippen LogP contribution in [0, 0.1) is 58.5 Å². The summed E-state index contributed by atoms with van der Waals surface area (Å²) in [5.74, 6) is -11.4. The van der Waals surface area contributed by atoms with Crippen LogP contribution in [0.15, 0.2) is 72.8 Å². The van der Waals surface area contributed by atoms with Crippen molar-refractivity contribution in [2.75, 3.05) is 19.6 Å². The van der Waals surface area contributed by atoms with Crippen LogP contribution in [0.4, 0.5) is 29.7 Å². The molecule has 1 aliphatic heterocycles. The number of aliphatic hydroxyl groups excluding tert-OH is 1. The Morgan fingerprint density at radius 2 is 0.720 bits per heavy atom. The van der Waals surface area contributed by atoms with Crippen molar-refractivity contribution < 1.29 is 155 Å². The monoisotopic (exact) mass is 2030 g/mol. The lowest BCUT2D eigenvalue weighted by Gasteiger charge is -2.26. The Morgan fingerprint density at radius 3 is 1.01 bits per heavy atom. The average molecular weight is 2030 g/mol. The van der Waals surface area contributed by atoms with Gasteiger partial charge in [-0.25, -0.2) is 38.4 Å². The Kier molecular flexibility index (Phi) is 59.6. The summed E-state index contributed by atoms with van der Waals surface area (Å²) in [5, 5.41) is 56.2. The van der Waals surface area contributed by atoms with Gasteiger partial charge in [0.2, 0.25) is 17.7 Å². The fourth-order valence-electron chi connectivity index (χ4n) is 12.8. The summed E-state index contributed by atoms with van der Waals surface area (Å²) >= 11 is 0. The molecular weight excluding hydrogens is 1870 g/mol. The van der Waals surface area contributed by atoms with Crippen LogP contribution in [0.3, 0.4) is 0 Å². The summed E-state index contributed by atoms with van der Waals surface area (Å²) < 4.78 is 36.4. The molecule has 0 radical (unpaired) electrons. The number of hydrogen-bond acceptors (Lipinski definition) is 29. The van der Waals surface area contributed by atoms with Gasteiger partial charge in [0.25, 0.3) is 11.8 Å². The highest BCUT2D eigenvalue weighted by Crippen LogP contribution is 2.27. The average Bonchev–Trinajstić information content (AvgIpc) is 1.84. The summed E-state index contributed by atoms with van der Waals surface area (Å²) in [6.45, 7) is 44.4. The first-order valence-electron chi connectivity index (χ1n) is 47.1. The van der Waals surface area contributed by atoms with E-state index in [1.54, 1.807) is 194 Å². The largest absolute Gasteiger partial charge is 0.630 e. The topological polar surface area (TPSA) is 696 Å². The Balaban J connectivity index is 0. The van der Waals surface area contributed by atoms with E-state index in [2.05, 4.69) is 37.2 Å². The van der Waals surface area contributed by atoms with Crippen LogP contribution < -0.4 is 64.6 Å². The van der Waals surface area contributed by atoms with Crippen molar-refractivity contribution in [2.24, 2.45) is 70.5 Å². The molecule has 806 valence electrons. The predicted octanol–water partition coefficient (Wildman–Crippen LogP) is 8.77. The van der Waals surface area contributed by atoms with Crippen LogP contribution in [-0.4, -0.2) is 211 Å². The van der Waals surface area contributed by atoms with Crippen LogP contribution >= 0.6 is 0 Å². The molecule has 44 heteroatoms. The Hall–Kier alpha value is -13.0. The zero-order valence-electron chi connectivity index (χ0n) is 87.4. The second-order valence-corrected chi connectivity index (χ2v) is 40.5. The van der Waals surface area contributed by atoms with Gasteiger partial charge in [-0.1, -0.05) is 118 Å². The van der Waals surface area contributed by atoms with Crippen molar-refractivity contribution in [2.45, 2.75) is 328 Å². The zero-order chi connectivity index (χ0) is 109. The van der Waals surface area contributed by atoms with Gasteiger partial charge in [-0.3, -0.25) is 52.7 Å². The van der Waals surface area contributed by atoms with Crippen molar-refractivity contribution in [3.8, 4) is 5.75 Å². The highest BCUT2D eigenvalue weighted by molar-refractivity contribution is 6.02. The normalized spacial score (nSPS) is 13.6. The number of aliphatic carboxylic acids is 2. The molecule has 0 aromatic heterocycles. The first-order chi connectivity index (χ1) is 65.4. The molecule has 143 heavy (non-hydrogen) atoms. The molecular formula is C99H158N12O32. The fraction of sp³-hybridized carbons (Fsp3) is 0.626. The van der Waals surface area contributed by atoms with E-state index in [1.807, 2.05) is 27.7 Å². The molecule has 3 aromatic rings. The van der Waals surface area contributed by atoms with Gasteiger partial charge in [0.15, 0.2) is 11.6 Å². The van der Waals surface area contributed by atoms with E-state index in [4.69, 9.17) is 60.3 Å². The molecule has 0 unspecified atom stereocenters. The van der Waals surface area contributed by atoms with E-state index in [-0.39, 0.29) is 149 Å². The third-order valence-electron chi connectivity index (χ3n) is 20.0. The van der Waals surface area contributed by atoms with Crippen molar-refractivity contribution in [3.05, 3.63) is 100 Å². The number of quaternary nitrogens is 1. The molecule has 0 spiro atoms. The quantitative estimate of drug-likeness (QED) is 0.00477. The predicted molar refractivity (Wildman–Crippen MR) is 524 cm³/mol. The number of esters is 4. The van der Waals surface area contributed by atoms with Gasteiger partial charge in [0, 0.05) is 57.5 Å². The molecule has 1 aliphatic rings. The van der Waals surface area contributed by atoms with E-state index >= 15 is 0 Å². The molecule has 1 fully saturated rings. The number of carboxylic acid groups (broad SMARTS) is 2. The first kappa shape index (κ1) is 132. The van der Waals surface area contributed by atoms with Crippen LogP contribution in [0.1, 0.15) is 272 Å². The number of nitrogens with two attached hydrogens (primary N) is 4. The number of carboxylic acids is 2. The highest BCUT2D eigenvalue weighted by Gasteiger charge is 2.40. The Bertz CT molecular complexity index is 4590. The van der Waals surface area contributed by atoms with Gasteiger partial charge >= 0.3 is 72.1 Å². The minimum atomic E-state index is -1.18. The number of carbonyl (C=O) groups excluding carboxylic acids is 17. The number of aliphatic hydroxyl groups is 1. The number of benzene rings is 3. The SMILES string of the molecule is CC(C)[C@H](CC(=O)OC(C)(C)C)C(=O)N[C@@H](CCCNC(N)=O)C(=O)Cc1ccc(CO)cc1.CC(C)[C@H](CC(=O)OC(C)(C)C)C(=O)N[C@@H](CCCNC(N)=O)C(=O)Cc1ccc(COC(=O)Oc2ccc([NH2+][O-])cc2)cc1.CC(C)[C@H](CC(=O)OC(C)(C)C)C(=O)N[C@@H](CCCNC(N)=O)C(=O)O.CC(C)[C@H](CC(=O)OC(C)(C)C)C(=O)ON1C(=O)CCC1=O.CC(C)[C@H](NC(=O)OC(C)(C)C)C(=O)O.O. The smallest absolute Gasteiger partial charge is 0.514 e. The summed E-state index contributed by atoms with van der Waals surface area (Å²) in [4.78, 5) is 232. The van der Waals surface area contributed by atoms with Crippen molar-refractivity contribution in [3.63, 3.8) is 0 Å². The van der Waals surface area contributed by atoms with Gasteiger partial charge in [0.1, 0.15) is 58.1 Å². The number of urea groups is 3. The van der Waals surface area contributed by atoms with Crippen LogP contribution in [-0.2, 0) is 126 Å². The number of ether oxygens (including phenoxy) is 7. The second-order valence-electron chi connectivity index (χ2n) is 40.5. The van der Waals surface area contributed by atoms with Crippen molar-refractivity contribution >= 4 is 119 Å². The standard InChI is InChI=1S/C32H44N4O9.C25H39N3O6.C17H31N3O6.C15H23NO6.C10H19NO4.H2O/c1-20(2)25(18-28(38)45-32(3,4)5)29(39)35-26(7-6-16-34-30(33)40)27(37)17-21-8-10-22(11-9-21)19-43-31(41)44-24-14-12-23(36-42)13-15-24;1-16(2)19(14-22(31)34-25(3,4)5)23(32)28-20(7-6-12-27-24(26)33)21(30)13-17-8-10-18(15-29)11-9-17;1-10(2)11(9-13(21)26-17(3,4)5)14(22)20-12(15(23)24)7-6-8-19-16(18)25;1-9(2)10(8-13(19)21-15(3,4)5)14(20)22-16-11(17)6-7-12(16)18;1-6(2)7(8(12)13)11-9(14)15-10(3,4)5;/h8-15,20,25-26H,6-7,16-19,36H2,1-5H3,(H,35,39)(H3,33,34,40);8-11,16,19-20,29H,6-7,12-15H2,1-5H3,(H,28,32)(H3,26,27,33);10-12H,6-9H2,1-5H3,(H,20,22)(H,23,24)(H3,18,19,25);9-10H,6-8H2,1-5H3;6-7H,1-5H3,(H,11,14)(H,12,13);1H2/t25-,26-;19-,20-;11-,12-;10-;7-;/m00000./s1. The molecule has 0 bridgehead atoms. The molecule has 0 aliphatic carbocycles. The lowest BCUT2D eigenvalue weighted by molar-refractivity contribution is -0.497. The number of imide groups is 1. The minimum absolute atomic E-state index is 0. The number of rotatable bonds is 47. The van der Waals surface area contributed by atoms with Gasteiger partial charge in [0.05, 0.1) is 68.0 Å². The minimum Gasteiger partial charge on any atom is -0.630 e. The maximum absolute atomic E-state index is 13.4. The number of amides is 12. The number of ketones is 2. The number of primary amides is 3. The van der Waals surface area contributed by atoms with Crippen LogP contribution in [0.2, 0.25) is 0 Å². The molecule has 1 heterocycles. The third kappa shape index (κ3) is 60.8. The molecule has 12 amide bonds. The number of hydroxylamine groups is 2. The summed E-state index contributed by atoms with van der Waals surface area (Å²) in [6, 6.07) is 14.1. The number of nitrogens with zero attached hydrogens (tertiary/aromatic N) is 1. The van der Waals surface area contributed by atoms with Crippen LogP contribution in [0.5, 0.6) is 5.75 Å². The molecule has 3 aromatic carbocycles. The summed E-state index contributed by atoms with van der Waals surface area (Å²) in [7, 11) is 0. The third-order valence-corrected chi connectivity index (χ3v) is 20.0. The fourth-order valence-corrected chi connectivity index (χ4v) is 12.8. The van der Waals surface area contributed by atoms with E-state index in [9.17, 15) is 107 Å². The maximum Gasteiger partial charge on any atom is 0.514 e. The van der Waals surface area contributed by atoms with Crippen molar-refractivity contribution in [1.29, 1.82) is 0 Å². The molecule has 20 N–H and O–H groups in total. The number of hydrogen-bond donors (Lipinski definition) is 14. The maximum atomic E-state index is 13.4. The number of carbonyl (C=O) groups is 19. The second kappa shape index (κ2) is 64.5. The molecule has 8 atom stereocenters. The van der Waals surface area contributed by atoms with E-state index in [0.717, 1.165) is 11.1 Å². The van der Waals surface area contributed by atoms with Gasteiger partial charge in [-0.2, -0.15) is 0 Å². The van der Waals surface area contributed by atoms with Gasteiger partial charge in [-0.15, -0.1) is 5.06 Å². The molecule has 4 rings (SSSR count). The van der Waals surface area contributed by atoms with Gasteiger partial charge < -0.3 is 124 Å². The summed E-state index contributed by atoms with van der Waals surface area (Å²) in [5.41, 5.74) is 15.8. The molecule has 44 nitrogen and oxygen atoms in total. The zero-order valence-corrected chi connectivity index (χ0v) is 87.4. The highest BCUT2D eigenvalue weighted by atomic mass is 16.7. The van der Waals surface area contributed by atoms with Crippen molar-refractivity contribution in [1.82, 2.24) is 42.3 Å². The van der Waals surface area contributed by atoms with Gasteiger partial charge in [-0.05, 0) is 206 Å². The molecule has 1 saturated heterocycles. The lowest BCUT2D eigenvalue weighted by atomic mass is 9.90. The number of Topliss-reactive ketones (excluding diaryl/α,β-unsaturated/α-hetero) is 2. The van der Waals surface area contributed by atoms with E-state index in [0.29, 0.717) is 53.0 Å². The Labute approximate surface area is 837 Å². The first-order valence-corrected chi connectivity index (χ1v) is 47.1. The number of nitrogens with one attached hydrogen (secondary N) is 7. The lowest BCUT2D eigenvalue weighted by Crippen LogP contribution is -2.70. The molecule has 0 saturated carbocycles.